The topological polar surface area (TPSA) is 80.0 Å². The van der Waals surface area contributed by atoms with Crippen LogP contribution in [-0.2, 0) is 6.54 Å². The van der Waals surface area contributed by atoms with Gasteiger partial charge in [-0.1, -0.05) is 13.8 Å². The van der Waals surface area contributed by atoms with Crippen LogP contribution in [0.4, 0.5) is 5.82 Å². The lowest BCUT2D eigenvalue weighted by Crippen LogP contribution is -2.24. The molecule has 0 aliphatic rings. The highest BCUT2D eigenvalue weighted by molar-refractivity contribution is 5.92. The fraction of sp³-hybridized carbons (Fsp3) is 0.357. The molecule has 2 rings (SSSR count). The zero-order valence-corrected chi connectivity index (χ0v) is 11.6. The van der Waals surface area contributed by atoms with Crippen molar-refractivity contribution in [3.8, 4) is 0 Å². The van der Waals surface area contributed by atoms with Gasteiger partial charge in [-0.2, -0.15) is 0 Å². The summed E-state index contributed by atoms with van der Waals surface area (Å²) >= 11 is 0. The molecule has 0 atom stereocenters. The van der Waals surface area contributed by atoms with Gasteiger partial charge in [0.15, 0.2) is 5.69 Å². The second-order valence-electron chi connectivity index (χ2n) is 4.84. The molecule has 0 aliphatic carbocycles. The van der Waals surface area contributed by atoms with Crippen LogP contribution in [0.25, 0.3) is 0 Å². The lowest BCUT2D eigenvalue weighted by molar-refractivity contribution is 0.0942. The normalized spacial score (nSPS) is 10.6. The van der Waals surface area contributed by atoms with Gasteiger partial charge in [0, 0.05) is 6.54 Å². The maximum absolute atomic E-state index is 11.8. The molecule has 0 aromatic carbocycles. The van der Waals surface area contributed by atoms with Crippen LogP contribution in [0, 0.1) is 5.92 Å². The molecule has 1 amide bonds. The minimum Gasteiger partial charge on any atom is -0.467 e. The average molecular weight is 274 g/mol. The van der Waals surface area contributed by atoms with E-state index in [1.165, 1.54) is 0 Å². The molecule has 0 unspecified atom stereocenters. The predicted molar refractivity (Wildman–Crippen MR) is 75.2 cm³/mol. The Morgan fingerprint density at radius 1 is 1.30 bits per heavy atom. The Balaban J connectivity index is 1.87. The van der Waals surface area contributed by atoms with E-state index in [0.717, 1.165) is 6.54 Å². The van der Waals surface area contributed by atoms with E-state index < -0.39 is 0 Å². The first-order chi connectivity index (χ1) is 9.65. The molecular formula is C14H18N4O2. The number of furan rings is 1. The van der Waals surface area contributed by atoms with Crippen LogP contribution in [0.3, 0.4) is 0 Å². The van der Waals surface area contributed by atoms with Crippen molar-refractivity contribution in [1.29, 1.82) is 0 Å². The minimum atomic E-state index is -0.274. The van der Waals surface area contributed by atoms with Crippen molar-refractivity contribution in [3.05, 3.63) is 42.0 Å². The highest BCUT2D eigenvalue weighted by Gasteiger charge is 2.08. The van der Waals surface area contributed by atoms with Crippen molar-refractivity contribution in [2.24, 2.45) is 5.92 Å². The Labute approximate surface area is 117 Å². The van der Waals surface area contributed by atoms with E-state index in [9.17, 15) is 4.79 Å². The number of carbonyl (C=O) groups is 1. The quantitative estimate of drug-likeness (QED) is 0.843. The number of nitrogens with zero attached hydrogens (tertiary/aromatic N) is 2. The van der Waals surface area contributed by atoms with Crippen LogP contribution in [0.1, 0.15) is 30.1 Å². The third-order valence-corrected chi connectivity index (χ3v) is 2.59. The maximum atomic E-state index is 11.8. The van der Waals surface area contributed by atoms with E-state index in [4.69, 9.17) is 4.42 Å². The first kappa shape index (κ1) is 14.0. The number of carbonyl (C=O) groups excluding carboxylic acids is 1. The first-order valence-corrected chi connectivity index (χ1v) is 6.53. The van der Waals surface area contributed by atoms with Crippen LogP contribution >= 0.6 is 0 Å². The maximum Gasteiger partial charge on any atom is 0.272 e. The number of rotatable bonds is 6. The molecule has 6 heteroatoms. The number of hydrogen-bond acceptors (Lipinski definition) is 5. The Bertz CT molecular complexity index is 535. The fourth-order valence-electron chi connectivity index (χ4n) is 1.53. The molecule has 0 fully saturated rings. The molecule has 0 radical (unpaired) electrons. The third kappa shape index (κ3) is 4.08. The van der Waals surface area contributed by atoms with E-state index >= 15 is 0 Å². The van der Waals surface area contributed by atoms with Crippen molar-refractivity contribution in [1.82, 2.24) is 15.5 Å². The molecule has 6 nitrogen and oxygen atoms in total. The standard InChI is InChI=1S/C14H18N4O2/c1-10(2)8-15-13-6-5-12(17-18-13)14(19)16-9-11-4-3-7-20-11/h3-7,10H,8-9H2,1-2H3,(H,15,18)(H,16,19). The highest BCUT2D eigenvalue weighted by Crippen LogP contribution is 2.04. The van der Waals surface area contributed by atoms with Crippen LogP contribution in [0.2, 0.25) is 0 Å². The summed E-state index contributed by atoms with van der Waals surface area (Å²) in [5.74, 6) is 1.61. The van der Waals surface area contributed by atoms with E-state index in [1.807, 2.05) is 0 Å². The Hall–Kier alpha value is -2.37. The van der Waals surface area contributed by atoms with Crippen molar-refractivity contribution in [3.63, 3.8) is 0 Å². The van der Waals surface area contributed by atoms with Gasteiger partial charge >= 0.3 is 0 Å². The van der Waals surface area contributed by atoms with Gasteiger partial charge in [-0.05, 0) is 30.2 Å². The second kappa shape index (κ2) is 6.70. The first-order valence-electron chi connectivity index (χ1n) is 6.53. The van der Waals surface area contributed by atoms with E-state index in [1.54, 1.807) is 30.5 Å². The van der Waals surface area contributed by atoms with Gasteiger partial charge in [0.05, 0.1) is 12.8 Å². The predicted octanol–water partition coefficient (Wildman–Crippen LogP) is 2.07. The van der Waals surface area contributed by atoms with Crippen LogP contribution in [0.5, 0.6) is 0 Å². The highest BCUT2D eigenvalue weighted by atomic mass is 16.3. The SMILES string of the molecule is CC(C)CNc1ccc(C(=O)NCc2ccco2)nn1. The lowest BCUT2D eigenvalue weighted by atomic mass is 10.2. The van der Waals surface area contributed by atoms with E-state index in [-0.39, 0.29) is 11.6 Å². The van der Waals surface area contributed by atoms with Gasteiger partial charge in [-0.25, -0.2) is 0 Å². The Morgan fingerprint density at radius 3 is 2.75 bits per heavy atom. The zero-order chi connectivity index (χ0) is 14.4. The van der Waals surface area contributed by atoms with Gasteiger partial charge in [0.2, 0.25) is 0 Å². The molecule has 2 aromatic heterocycles. The second-order valence-corrected chi connectivity index (χ2v) is 4.84. The van der Waals surface area contributed by atoms with Crippen molar-refractivity contribution in [2.45, 2.75) is 20.4 Å². The van der Waals surface area contributed by atoms with Gasteiger partial charge in [0.25, 0.3) is 5.91 Å². The lowest BCUT2D eigenvalue weighted by Gasteiger charge is -2.07. The molecule has 0 bridgehead atoms. The molecule has 0 spiro atoms. The van der Waals surface area contributed by atoms with Gasteiger partial charge < -0.3 is 15.1 Å². The van der Waals surface area contributed by atoms with Crippen molar-refractivity contribution < 1.29 is 9.21 Å². The summed E-state index contributed by atoms with van der Waals surface area (Å²) < 4.78 is 5.13. The monoisotopic (exact) mass is 274 g/mol. The third-order valence-electron chi connectivity index (χ3n) is 2.59. The average Bonchev–Trinajstić information content (AvgIpc) is 2.96. The van der Waals surface area contributed by atoms with E-state index in [2.05, 4.69) is 34.7 Å². The molecule has 2 aromatic rings. The molecular weight excluding hydrogens is 256 g/mol. The Kier molecular flexibility index (Phi) is 4.70. The van der Waals surface area contributed by atoms with Crippen LogP contribution in [-0.4, -0.2) is 22.6 Å². The molecule has 0 aliphatic heterocycles. The number of aromatic nitrogens is 2. The molecule has 20 heavy (non-hydrogen) atoms. The summed E-state index contributed by atoms with van der Waals surface area (Å²) in [6.07, 6.45) is 1.57. The Morgan fingerprint density at radius 2 is 2.15 bits per heavy atom. The number of amides is 1. The van der Waals surface area contributed by atoms with Gasteiger partial charge in [-0.15, -0.1) is 10.2 Å². The summed E-state index contributed by atoms with van der Waals surface area (Å²) in [7, 11) is 0. The number of nitrogens with one attached hydrogen (secondary N) is 2. The molecule has 2 N–H and O–H groups in total. The molecule has 0 saturated heterocycles. The van der Waals surface area contributed by atoms with Crippen molar-refractivity contribution >= 4 is 11.7 Å². The van der Waals surface area contributed by atoms with Crippen LogP contribution < -0.4 is 10.6 Å². The minimum absolute atomic E-state index is 0.274. The van der Waals surface area contributed by atoms with Crippen LogP contribution in [0.15, 0.2) is 34.9 Å². The van der Waals surface area contributed by atoms with Gasteiger partial charge in [-0.3, -0.25) is 4.79 Å². The summed E-state index contributed by atoms with van der Waals surface area (Å²) in [6.45, 7) is 5.37. The fourth-order valence-corrected chi connectivity index (χ4v) is 1.53. The van der Waals surface area contributed by atoms with Gasteiger partial charge in [0.1, 0.15) is 11.6 Å². The summed E-state index contributed by atoms with van der Waals surface area (Å²) in [5, 5.41) is 13.7. The largest absolute Gasteiger partial charge is 0.467 e. The summed E-state index contributed by atoms with van der Waals surface area (Å²) in [4.78, 5) is 11.8. The number of anilines is 1. The smallest absolute Gasteiger partial charge is 0.272 e. The van der Waals surface area contributed by atoms with E-state index in [0.29, 0.717) is 24.0 Å². The molecule has 2 heterocycles. The zero-order valence-electron chi connectivity index (χ0n) is 11.6. The summed E-state index contributed by atoms with van der Waals surface area (Å²) in [5.41, 5.74) is 0.284. The number of hydrogen-bond donors (Lipinski definition) is 2. The van der Waals surface area contributed by atoms with Crippen molar-refractivity contribution in [2.75, 3.05) is 11.9 Å². The molecule has 0 saturated carbocycles. The summed E-state index contributed by atoms with van der Waals surface area (Å²) in [6, 6.07) is 6.96. The molecule has 106 valence electrons.